The normalized spacial score (nSPS) is 11.5. The van der Waals surface area contributed by atoms with Crippen molar-refractivity contribution in [2.45, 2.75) is 6.10 Å². The number of carbonyl (C=O) groups is 1. The van der Waals surface area contributed by atoms with E-state index < -0.39 is 12.1 Å². The van der Waals surface area contributed by atoms with Gasteiger partial charge in [0.05, 0.1) is 0 Å². The van der Waals surface area contributed by atoms with E-state index in [2.05, 4.69) is 0 Å². The first-order valence-electron chi connectivity index (χ1n) is 3.28. The van der Waals surface area contributed by atoms with E-state index in [4.69, 9.17) is 21.8 Å². The van der Waals surface area contributed by atoms with Crippen molar-refractivity contribution in [1.82, 2.24) is 0 Å². The summed E-state index contributed by atoms with van der Waals surface area (Å²) in [4.78, 5) is 10.3. The van der Waals surface area contributed by atoms with Crippen LogP contribution in [-0.2, 0) is 4.79 Å². The number of aliphatic hydroxyl groups excluding tert-OH is 1. The number of benzene rings is 1. The molecule has 1 rings (SSSR count). The molecule has 3 nitrogen and oxygen atoms in total. The first-order valence-corrected chi connectivity index (χ1v) is 3.66. The Bertz CT molecular complexity index is 308. The molecular weight excluding hydrogens is 203 g/mol. The Labute approximate surface area is 104 Å². The molecule has 0 aliphatic carbocycles. The fourth-order valence-corrected chi connectivity index (χ4v) is 1.07. The maximum Gasteiger partial charge on any atom is 1.00 e. The Morgan fingerprint density at radius 1 is 1.46 bits per heavy atom. The number of hydrogen-bond acceptors (Lipinski definition) is 2. The third kappa shape index (κ3) is 3.29. The van der Waals surface area contributed by atoms with Crippen molar-refractivity contribution in [3.05, 3.63) is 34.9 Å². The minimum absolute atomic E-state index is 0. The van der Waals surface area contributed by atoms with Crippen LogP contribution in [0, 0.1) is 0 Å². The summed E-state index contributed by atoms with van der Waals surface area (Å²) in [5.74, 6) is -1.30. The van der Waals surface area contributed by atoms with Crippen LogP contribution in [0.15, 0.2) is 24.3 Å². The zero-order valence-electron chi connectivity index (χ0n) is 8.07. The van der Waals surface area contributed by atoms with Crippen molar-refractivity contribution in [3.63, 3.8) is 0 Å². The molecular formula is C8H8ClNaO3. The summed E-state index contributed by atoms with van der Waals surface area (Å²) in [6.07, 6.45) is -1.54. The van der Waals surface area contributed by atoms with Gasteiger partial charge in [0.2, 0.25) is 0 Å². The number of carboxylic acids is 1. The monoisotopic (exact) mass is 210 g/mol. The predicted octanol–water partition coefficient (Wildman–Crippen LogP) is -1.43. The third-order valence-corrected chi connectivity index (χ3v) is 1.78. The average molecular weight is 211 g/mol. The van der Waals surface area contributed by atoms with Crippen LogP contribution in [0.3, 0.4) is 0 Å². The smallest absolute Gasteiger partial charge is 1.00 e. The molecule has 1 atom stereocenters. The van der Waals surface area contributed by atoms with Crippen LogP contribution in [0.5, 0.6) is 0 Å². The second-order valence-electron chi connectivity index (χ2n) is 2.26. The number of carboxylic acid groups (broad SMARTS) is 1. The second kappa shape index (κ2) is 5.62. The number of aliphatic hydroxyl groups is 1. The molecule has 2 N–H and O–H groups in total. The van der Waals surface area contributed by atoms with Gasteiger partial charge >= 0.3 is 35.5 Å². The zero-order chi connectivity index (χ0) is 9.14. The van der Waals surface area contributed by atoms with E-state index in [9.17, 15) is 4.79 Å². The molecule has 0 amide bonds. The molecule has 1 aromatic carbocycles. The molecule has 0 fully saturated rings. The van der Waals surface area contributed by atoms with Gasteiger partial charge in [-0.05, 0) is 6.07 Å². The average Bonchev–Trinajstić information content (AvgIpc) is 2.04. The fourth-order valence-electron chi connectivity index (χ4n) is 0.830. The van der Waals surface area contributed by atoms with E-state index in [-0.39, 0.29) is 41.6 Å². The van der Waals surface area contributed by atoms with E-state index >= 15 is 0 Å². The molecule has 0 spiro atoms. The first kappa shape index (κ1) is 12.9. The molecule has 0 aliphatic heterocycles. The van der Waals surface area contributed by atoms with Gasteiger partial charge in [-0.1, -0.05) is 29.8 Å². The molecule has 0 heterocycles. The molecule has 0 aromatic heterocycles. The quantitative estimate of drug-likeness (QED) is 0.589. The van der Waals surface area contributed by atoms with Gasteiger partial charge in [0.25, 0.3) is 0 Å². The van der Waals surface area contributed by atoms with Gasteiger partial charge in [-0.25, -0.2) is 4.79 Å². The second-order valence-corrected chi connectivity index (χ2v) is 2.67. The van der Waals surface area contributed by atoms with Gasteiger partial charge in [0.1, 0.15) is 0 Å². The summed E-state index contributed by atoms with van der Waals surface area (Å²) >= 11 is 5.64. The summed E-state index contributed by atoms with van der Waals surface area (Å²) in [7, 11) is 0. The molecule has 0 radical (unpaired) electrons. The molecule has 5 heteroatoms. The van der Waals surface area contributed by atoms with Crippen molar-refractivity contribution < 1.29 is 46.0 Å². The number of aliphatic carboxylic acids is 1. The van der Waals surface area contributed by atoms with Crippen LogP contribution in [0.4, 0.5) is 0 Å². The maximum atomic E-state index is 10.3. The third-order valence-electron chi connectivity index (χ3n) is 1.43. The molecule has 0 saturated heterocycles. The summed E-state index contributed by atoms with van der Waals surface area (Å²) in [5.41, 5.74) is 0.215. The van der Waals surface area contributed by atoms with Crippen molar-refractivity contribution in [3.8, 4) is 0 Å². The fraction of sp³-hybridized carbons (Fsp3) is 0.125. The minimum atomic E-state index is -1.54. The van der Waals surface area contributed by atoms with Crippen molar-refractivity contribution >= 4 is 17.6 Å². The van der Waals surface area contributed by atoms with E-state index in [0.717, 1.165) is 0 Å². The standard InChI is InChI=1S/C8H7ClO3.Na.H/c9-6-4-2-1-3-5(6)7(10)8(11)12;;/h1-4,7,10H,(H,11,12);;/q;+1;-1. The van der Waals surface area contributed by atoms with Gasteiger partial charge in [-0.2, -0.15) is 0 Å². The molecule has 1 unspecified atom stereocenters. The molecule has 66 valence electrons. The predicted molar refractivity (Wildman–Crippen MR) is 45.2 cm³/mol. The van der Waals surface area contributed by atoms with E-state index in [1.807, 2.05) is 0 Å². The molecule has 0 bridgehead atoms. The Kier molecular flexibility index (Phi) is 5.60. The molecule has 0 saturated carbocycles. The number of hydrogen-bond donors (Lipinski definition) is 2. The van der Waals surface area contributed by atoms with Crippen LogP contribution in [-0.4, -0.2) is 16.2 Å². The van der Waals surface area contributed by atoms with Gasteiger partial charge in [0.15, 0.2) is 6.10 Å². The van der Waals surface area contributed by atoms with Gasteiger partial charge < -0.3 is 11.6 Å². The van der Waals surface area contributed by atoms with Crippen molar-refractivity contribution in [2.75, 3.05) is 0 Å². The van der Waals surface area contributed by atoms with Gasteiger partial charge in [-0.3, -0.25) is 0 Å². The van der Waals surface area contributed by atoms with Crippen LogP contribution in [0.2, 0.25) is 5.02 Å². The Balaban J connectivity index is 0. The summed E-state index contributed by atoms with van der Waals surface area (Å²) < 4.78 is 0. The number of halogens is 1. The summed E-state index contributed by atoms with van der Waals surface area (Å²) in [6.45, 7) is 0. The van der Waals surface area contributed by atoms with Gasteiger partial charge in [0, 0.05) is 10.6 Å². The maximum absolute atomic E-state index is 10.3. The Hall–Kier alpha value is -0.0600. The van der Waals surface area contributed by atoms with Crippen LogP contribution >= 0.6 is 11.6 Å². The topological polar surface area (TPSA) is 57.5 Å². The largest absolute Gasteiger partial charge is 1.00 e. The van der Waals surface area contributed by atoms with E-state index in [1.165, 1.54) is 12.1 Å². The Morgan fingerprint density at radius 2 is 2.00 bits per heavy atom. The van der Waals surface area contributed by atoms with E-state index in [0.29, 0.717) is 0 Å². The summed E-state index contributed by atoms with van der Waals surface area (Å²) in [6, 6.07) is 6.29. The zero-order valence-corrected chi connectivity index (χ0v) is 9.82. The van der Waals surface area contributed by atoms with Crippen molar-refractivity contribution in [2.24, 2.45) is 0 Å². The Morgan fingerprint density at radius 3 is 2.46 bits per heavy atom. The van der Waals surface area contributed by atoms with Crippen LogP contribution in [0.25, 0.3) is 0 Å². The SMILES string of the molecule is O=C(O)C(O)c1ccccc1Cl.[H-].[Na+]. The molecule has 1 aromatic rings. The van der Waals surface area contributed by atoms with Gasteiger partial charge in [-0.15, -0.1) is 0 Å². The van der Waals surface area contributed by atoms with Crippen molar-refractivity contribution in [1.29, 1.82) is 0 Å². The van der Waals surface area contributed by atoms with Crippen LogP contribution in [0.1, 0.15) is 13.1 Å². The van der Waals surface area contributed by atoms with Crippen LogP contribution < -0.4 is 29.6 Å². The molecule has 0 aliphatic rings. The van der Waals surface area contributed by atoms with E-state index in [1.54, 1.807) is 12.1 Å². The minimum Gasteiger partial charge on any atom is -1.00 e. The first-order chi connectivity index (χ1) is 5.63. The number of rotatable bonds is 2. The summed E-state index contributed by atoms with van der Waals surface area (Å²) in [5, 5.41) is 17.8. The molecule has 13 heavy (non-hydrogen) atoms.